The second-order valence-electron chi connectivity index (χ2n) is 3.18. The Kier molecular flexibility index (Phi) is 4.69. The first kappa shape index (κ1) is 11.8. The van der Waals surface area contributed by atoms with Crippen LogP contribution in [0.2, 0.25) is 10.0 Å². The number of hydrogen-bond acceptors (Lipinski definition) is 2. The summed E-state index contributed by atoms with van der Waals surface area (Å²) in [6.07, 6.45) is -0.365. The molecule has 1 aromatic rings. The van der Waals surface area contributed by atoms with Crippen LogP contribution in [0, 0.1) is 0 Å². The number of rotatable bonds is 4. The van der Waals surface area contributed by atoms with Crippen molar-refractivity contribution in [2.75, 3.05) is 6.54 Å². The molecule has 2 N–H and O–H groups in total. The second-order valence-corrected chi connectivity index (χ2v) is 3.99. The Bertz CT molecular complexity index is 282. The molecule has 78 valence electrons. The zero-order chi connectivity index (χ0) is 10.6. The molecule has 1 aromatic carbocycles. The van der Waals surface area contributed by atoms with Gasteiger partial charge >= 0.3 is 0 Å². The van der Waals surface area contributed by atoms with E-state index in [0.29, 0.717) is 23.1 Å². The van der Waals surface area contributed by atoms with Crippen LogP contribution in [-0.4, -0.2) is 17.8 Å². The van der Waals surface area contributed by atoms with Gasteiger partial charge in [0.1, 0.15) is 0 Å². The molecule has 0 aliphatic rings. The Labute approximate surface area is 93.8 Å². The lowest BCUT2D eigenvalue weighted by Gasteiger charge is -2.09. The van der Waals surface area contributed by atoms with Gasteiger partial charge in [-0.15, -0.1) is 0 Å². The highest BCUT2D eigenvalue weighted by atomic mass is 35.5. The molecule has 0 spiro atoms. The molecule has 1 atom stereocenters. The number of nitrogens with one attached hydrogen (secondary N) is 1. The van der Waals surface area contributed by atoms with E-state index in [2.05, 4.69) is 5.32 Å². The Hall–Kier alpha value is -0.280. The summed E-state index contributed by atoms with van der Waals surface area (Å²) in [7, 11) is 0. The van der Waals surface area contributed by atoms with Crippen molar-refractivity contribution in [3.05, 3.63) is 33.8 Å². The summed E-state index contributed by atoms with van der Waals surface area (Å²) in [5.74, 6) is 0. The van der Waals surface area contributed by atoms with E-state index in [9.17, 15) is 0 Å². The Balaban J connectivity index is 2.58. The molecular weight excluding hydrogens is 221 g/mol. The highest BCUT2D eigenvalue weighted by Gasteiger charge is 2.04. The lowest BCUT2D eigenvalue weighted by Crippen LogP contribution is -2.24. The van der Waals surface area contributed by atoms with Gasteiger partial charge < -0.3 is 10.4 Å². The van der Waals surface area contributed by atoms with Crippen molar-refractivity contribution in [3.63, 3.8) is 0 Å². The second kappa shape index (κ2) is 5.56. The molecule has 2 nitrogen and oxygen atoms in total. The van der Waals surface area contributed by atoms with Gasteiger partial charge in [0.15, 0.2) is 0 Å². The first-order chi connectivity index (χ1) is 6.61. The summed E-state index contributed by atoms with van der Waals surface area (Å²) in [6, 6.07) is 5.41. The molecule has 14 heavy (non-hydrogen) atoms. The quantitative estimate of drug-likeness (QED) is 0.838. The molecule has 0 heterocycles. The van der Waals surface area contributed by atoms with Crippen molar-refractivity contribution in [2.45, 2.75) is 19.6 Å². The van der Waals surface area contributed by atoms with Crippen molar-refractivity contribution >= 4 is 23.2 Å². The molecule has 0 aliphatic heterocycles. The lowest BCUT2D eigenvalue weighted by molar-refractivity contribution is 0.191. The maximum Gasteiger partial charge on any atom is 0.0636 e. The first-order valence-electron chi connectivity index (χ1n) is 4.43. The van der Waals surface area contributed by atoms with Crippen molar-refractivity contribution in [1.82, 2.24) is 5.32 Å². The number of benzene rings is 1. The third kappa shape index (κ3) is 3.46. The van der Waals surface area contributed by atoms with Crippen LogP contribution in [0.15, 0.2) is 18.2 Å². The van der Waals surface area contributed by atoms with Crippen molar-refractivity contribution < 1.29 is 5.11 Å². The van der Waals surface area contributed by atoms with Crippen LogP contribution >= 0.6 is 23.2 Å². The van der Waals surface area contributed by atoms with Crippen LogP contribution in [0.1, 0.15) is 12.5 Å². The molecule has 0 saturated heterocycles. The molecule has 0 aliphatic carbocycles. The Morgan fingerprint density at radius 3 is 2.43 bits per heavy atom. The van der Waals surface area contributed by atoms with Gasteiger partial charge in [0.25, 0.3) is 0 Å². The number of hydrogen-bond donors (Lipinski definition) is 2. The van der Waals surface area contributed by atoms with Crippen molar-refractivity contribution in [3.8, 4) is 0 Å². The minimum atomic E-state index is -0.365. The van der Waals surface area contributed by atoms with Crippen LogP contribution in [0.5, 0.6) is 0 Å². The van der Waals surface area contributed by atoms with E-state index in [1.807, 2.05) is 6.07 Å². The van der Waals surface area contributed by atoms with E-state index in [4.69, 9.17) is 28.3 Å². The average molecular weight is 234 g/mol. The Morgan fingerprint density at radius 2 is 1.93 bits per heavy atom. The molecule has 0 bridgehead atoms. The third-order valence-corrected chi connectivity index (χ3v) is 2.51. The highest BCUT2D eigenvalue weighted by Crippen LogP contribution is 2.23. The van der Waals surface area contributed by atoms with E-state index < -0.39 is 0 Å². The Morgan fingerprint density at radius 1 is 1.36 bits per heavy atom. The predicted molar refractivity (Wildman–Crippen MR) is 59.8 cm³/mol. The largest absolute Gasteiger partial charge is 0.392 e. The first-order valence-corrected chi connectivity index (χ1v) is 5.18. The van der Waals surface area contributed by atoms with Crippen LogP contribution in [0.3, 0.4) is 0 Å². The van der Waals surface area contributed by atoms with Crippen molar-refractivity contribution in [1.29, 1.82) is 0 Å². The summed E-state index contributed by atoms with van der Waals surface area (Å²) in [5, 5.41) is 13.4. The van der Waals surface area contributed by atoms with Gasteiger partial charge in [-0.3, -0.25) is 0 Å². The molecule has 0 fully saturated rings. The summed E-state index contributed by atoms with van der Waals surface area (Å²) in [4.78, 5) is 0. The standard InChI is InChI=1S/C10H13Cl2NO/c1-7(14)5-13-6-8-9(11)3-2-4-10(8)12/h2-4,7,13-14H,5-6H2,1H3/t7-/m0/s1. The van der Waals surface area contributed by atoms with Gasteiger partial charge in [-0.1, -0.05) is 29.3 Å². The minimum absolute atomic E-state index is 0.365. The maximum absolute atomic E-state index is 9.04. The molecule has 0 amide bonds. The summed E-state index contributed by atoms with van der Waals surface area (Å²) in [5.41, 5.74) is 0.872. The van der Waals surface area contributed by atoms with E-state index in [0.717, 1.165) is 5.56 Å². The topological polar surface area (TPSA) is 32.3 Å². The smallest absolute Gasteiger partial charge is 0.0636 e. The van der Waals surface area contributed by atoms with E-state index in [1.165, 1.54) is 0 Å². The highest BCUT2D eigenvalue weighted by molar-refractivity contribution is 6.35. The van der Waals surface area contributed by atoms with E-state index >= 15 is 0 Å². The number of aliphatic hydroxyl groups is 1. The van der Waals surface area contributed by atoms with E-state index in [1.54, 1.807) is 19.1 Å². The fourth-order valence-electron chi connectivity index (χ4n) is 1.11. The number of aliphatic hydroxyl groups excluding tert-OH is 1. The monoisotopic (exact) mass is 233 g/mol. The van der Waals surface area contributed by atoms with E-state index in [-0.39, 0.29) is 6.10 Å². The molecule has 1 rings (SSSR count). The van der Waals surface area contributed by atoms with Gasteiger partial charge in [0, 0.05) is 28.7 Å². The summed E-state index contributed by atoms with van der Waals surface area (Å²) in [6.45, 7) is 2.83. The SMILES string of the molecule is C[C@H](O)CNCc1c(Cl)cccc1Cl. The lowest BCUT2D eigenvalue weighted by atomic mass is 10.2. The fraction of sp³-hybridized carbons (Fsp3) is 0.400. The molecule has 0 aromatic heterocycles. The number of halogens is 2. The average Bonchev–Trinajstić information content (AvgIpc) is 2.09. The molecular formula is C10H13Cl2NO. The van der Waals surface area contributed by atoms with Gasteiger partial charge in [-0.25, -0.2) is 0 Å². The fourth-order valence-corrected chi connectivity index (χ4v) is 1.64. The molecule has 4 heteroatoms. The molecule has 0 unspecified atom stereocenters. The van der Waals surface area contributed by atoms with Crippen molar-refractivity contribution in [2.24, 2.45) is 0 Å². The minimum Gasteiger partial charge on any atom is -0.392 e. The summed E-state index contributed by atoms with van der Waals surface area (Å²) >= 11 is 11.9. The van der Waals surface area contributed by atoms with Crippen LogP contribution in [-0.2, 0) is 6.54 Å². The van der Waals surface area contributed by atoms with Gasteiger partial charge in [-0.05, 0) is 19.1 Å². The zero-order valence-electron chi connectivity index (χ0n) is 7.93. The van der Waals surface area contributed by atoms with Crippen LogP contribution in [0.25, 0.3) is 0 Å². The van der Waals surface area contributed by atoms with Crippen LogP contribution in [0.4, 0.5) is 0 Å². The predicted octanol–water partition coefficient (Wildman–Crippen LogP) is 2.46. The zero-order valence-corrected chi connectivity index (χ0v) is 9.44. The van der Waals surface area contributed by atoms with Gasteiger partial charge in [-0.2, -0.15) is 0 Å². The molecule has 0 radical (unpaired) electrons. The third-order valence-electron chi connectivity index (χ3n) is 1.80. The summed E-state index contributed by atoms with van der Waals surface area (Å²) < 4.78 is 0. The van der Waals surface area contributed by atoms with Crippen LogP contribution < -0.4 is 5.32 Å². The molecule has 0 saturated carbocycles. The maximum atomic E-state index is 9.04. The van der Waals surface area contributed by atoms with Gasteiger partial charge in [0.2, 0.25) is 0 Å². The normalized spacial score (nSPS) is 12.9. The van der Waals surface area contributed by atoms with Gasteiger partial charge in [0.05, 0.1) is 6.10 Å².